The van der Waals surface area contributed by atoms with Gasteiger partial charge in [-0.1, -0.05) is 18.2 Å². The number of amides is 1. The fourth-order valence-electron chi connectivity index (χ4n) is 1.31. The SMILES string of the molecule is N#Cc1ccccc1-c1csc(C(N)=O)n1. The lowest BCUT2D eigenvalue weighted by atomic mass is 10.1. The molecule has 2 rings (SSSR count). The molecule has 0 saturated carbocycles. The van der Waals surface area contributed by atoms with Gasteiger partial charge in [0.15, 0.2) is 5.01 Å². The molecule has 0 saturated heterocycles. The second-order valence-electron chi connectivity index (χ2n) is 3.06. The van der Waals surface area contributed by atoms with Gasteiger partial charge >= 0.3 is 0 Å². The van der Waals surface area contributed by atoms with Crippen molar-refractivity contribution in [1.29, 1.82) is 5.26 Å². The number of nitrogens with two attached hydrogens (primary N) is 1. The molecule has 1 aromatic carbocycles. The summed E-state index contributed by atoms with van der Waals surface area (Å²) in [7, 11) is 0. The van der Waals surface area contributed by atoms with Gasteiger partial charge in [0.1, 0.15) is 0 Å². The number of benzene rings is 1. The summed E-state index contributed by atoms with van der Waals surface area (Å²) in [4.78, 5) is 15.0. The first-order chi connectivity index (χ1) is 7.72. The molecule has 0 bridgehead atoms. The van der Waals surface area contributed by atoms with Gasteiger partial charge in [0, 0.05) is 10.9 Å². The van der Waals surface area contributed by atoms with E-state index in [0.717, 1.165) is 0 Å². The van der Waals surface area contributed by atoms with Crippen LogP contribution in [0.3, 0.4) is 0 Å². The molecule has 78 valence electrons. The third kappa shape index (κ3) is 1.78. The number of aromatic nitrogens is 1. The summed E-state index contributed by atoms with van der Waals surface area (Å²) in [6.07, 6.45) is 0. The van der Waals surface area contributed by atoms with E-state index in [2.05, 4.69) is 11.1 Å². The Morgan fingerprint density at radius 1 is 1.44 bits per heavy atom. The maximum absolute atomic E-state index is 10.9. The lowest BCUT2D eigenvalue weighted by Crippen LogP contribution is -2.10. The lowest BCUT2D eigenvalue weighted by molar-refractivity contribution is 0.1000. The molecule has 0 atom stereocenters. The molecule has 2 N–H and O–H groups in total. The Balaban J connectivity index is 2.51. The van der Waals surface area contributed by atoms with E-state index in [-0.39, 0.29) is 5.01 Å². The molecule has 1 heterocycles. The van der Waals surface area contributed by atoms with Gasteiger partial charge in [-0.15, -0.1) is 11.3 Å². The molecule has 0 radical (unpaired) electrons. The molecule has 1 aromatic heterocycles. The Kier molecular flexibility index (Phi) is 2.66. The van der Waals surface area contributed by atoms with Crippen LogP contribution in [-0.4, -0.2) is 10.9 Å². The molecule has 4 nitrogen and oxygen atoms in total. The maximum Gasteiger partial charge on any atom is 0.277 e. The van der Waals surface area contributed by atoms with E-state index in [0.29, 0.717) is 16.8 Å². The second kappa shape index (κ2) is 4.13. The predicted molar refractivity (Wildman–Crippen MR) is 60.8 cm³/mol. The van der Waals surface area contributed by atoms with Crippen LogP contribution >= 0.6 is 11.3 Å². The average molecular weight is 229 g/mol. The zero-order chi connectivity index (χ0) is 11.5. The van der Waals surface area contributed by atoms with Crippen LogP contribution in [0.4, 0.5) is 0 Å². The molecule has 5 heteroatoms. The Morgan fingerprint density at radius 3 is 2.81 bits per heavy atom. The summed E-state index contributed by atoms with van der Waals surface area (Å²) in [5.74, 6) is -0.550. The highest BCUT2D eigenvalue weighted by atomic mass is 32.1. The first-order valence-electron chi connectivity index (χ1n) is 4.47. The highest BCUT2D eigenvalue weighted by Crippen LogP contribution is 2.24. The van der Waals surface area contributed by atoms with E-state index >= 15 is 0 Å². The van der Waals surface area contributed by atoms with Crippen LogP contribution in [0.15, 0.2) is 29.6 Å². The molecule has 0 spiro atoms. The van der Waals surface area contributed by atoms with Crippen molar-refractivity contribution in [2.75, 3.05) is 0 Å². The van der Waals surface area contributed by atoms with Gasteiger partial charge in [0.25, 0.3) is 5.91 Å². The van der Waals surface area contributed by atoms with Crippen LogP contribution in [0, 0.1) is 11.3 Å². The summed E-state index contributed by atoms with van der Waals surface area (Å²) in [5, 5.41) is 10.9. The van der Waals surface area contributed by atoms with E-state index in [1.165, 1.54) is 11.3 Å². The van der Waals surface area contributed by atoms with Crippen LogP contribution in [0.1, 0.15) is 15.4 Å². The van der Waals surface area contributed by atoms with Gasteiger partial charge in [0.05, 0.1) is 17.3 Å². The van der Waals surface area contributed by atoms with Gasteiger partial charge in [-0.25, -0.2) is 4.98 Å². The number of carbonyl (C=O) groups excluding carboxylic acids is 1. The van der Waals surface area contributed by atoms with Crippen LogP contribution in [-0.2, 0) is 0 Å². The quantitative estimate of drug-likeness (QED) is 0.852. The third-order valence-corrected chi connectivity index (χ3v) is 2.90. The number of hydrogen-bond donors (Lipinski definition) is 1. The molecule has 1 amide bonds. The molecule has 2 aromatic rings. The van der Waals surface area contributed by atoms with Crippen LogP contribution < -0.4 is 5.73 Å². The molecular weight excluding hydrogens is 222 g/mol. The number of nitrogens with zero attached hydrogens (tertiary/aromatic N) is 2. The predicted octanol–water partition coefficient (Wildman–Crippen LogP) is 1.78. The minimum atomic E-state index is -0.550. The molecule has 0 aliphatic carbocycles. The van der Waals surface area contributed by atoms with E-state index < -0.39 is 5.91 Å². The molecule has 0 aliphatic heterocycles. The largest absolute Gasteiger partial charge is 0.364 e. The fraction of sp³-hybridized carbons (Fsp3) is 0. The summed E-state index contributed by atoms with van der Waals surface area (Å²) >= 11 is 1.18. The van der Waals surface area contributed by atoms with Crippen LogP contribution in [0.5, 0.6) is 0 Å². The zero-order valence-electron chi connectivity index (χ0n) is 8.18. The monoisotopic (exact) mass is 229 g/mol. The van der Waals surface area contributed by atoms with Gasteiger partial charge < -0.3 is 5.73 Å². The van der Waals surface area contributed by atoms with Crippen molar-refractivity contribution < 1.29 is 4.79 Å². The van der Waals surface area contributed by atoms with Crippen molar-refractivity contribution in [3.8, 4) is 17.3 Å². The average Bonchev–Trinajstić information content (AvgIpc) is 2.78. The summed E-state index contributed by atoms with van der Waals surface area (Å²) < 4.78 is 0. The van der Waals surface area contributed by atoms with Crippen LogP contribution in [0.2, 0.25) is 0 Å². The Morgan fingerprint density at radius 2 is 2.19 bits per heavy atom. The highest BCUT2D eigenvalue weighted by molar-refractivity contribution is 7.12. The molecule has 0 fully saturated rings. The number of thiazole rings is 1. The summed E-state index contributed by atoms with van der Waals surface area (Å²) in [5.41, 5.74) is 6.97. The highest BCUT2D eigenvalue weighted by Gasteiger charge is 2.11. The van der Waals surface area contributed by atoms with Crippen molar-refractivity contribution in [2.45, 2.75) is 0 Å². The Hall–Kier alpha value is -2.19. The van der Waals surface area contributed by atoms with Gasteiger partial charge in [0.2, 0.25) is 0 Å². The van der Waals surface area contributed by atoms with Gasteiger partial charge in [-0.05, 0) is 6.07 Å². The number of carbonyl (C=O) groups is 1. The van der Waals surface area contributed by atoms with Gasteiger partial charge in [-0.2, -0.15) is 5.26 Å². The van der Waals surface area contributed by atoms with Crippen molar-refractivity contribution >= 4 is 17.2 Å². The summed E-state index contributed by atoms with van der Waals surface area (Å²) in [6.45, 7) is 0. The molecular formula is C11H7N3OS. The number of rotatable bonds is 2. The van der Waals surface area contributed by atoms with Crippen molar-refractivity contribution in [1.82, 2.24) is 4.98 Å². The normalized spacial score (nSPS) is 9.69. The first kappa shape index (κ1) is 10.3. The minimum absolute atomic E-state index is 0.253. The fourth-order valence-corrected chi connectivity index (χ4v) is 1.98. The third-order valence-electron chi connectivity index (χ3n) is 2.04. The van der Waals surface area contributed by atoms with E-state index in [9.17, 15) is 4.79 Å². The van der Waals surface area contributed by atoms with E-state index in [4.69, 9.17) is 11.0 Å². The number of nitriles is 1. The first-order valence-corrected chi connectivity index (χ1v) is 5.35. The zero-order valence-corrected chi connectivity index (χ0v) is 8.99. The maximum atomic E-state index is 10.9. The number of primary amides is 1. The van der Waals surface area contributed by atoms with Crippen molar-refractivity contribution in [3.63, 3.8) is 0 Å². The van der Waals surface area contributed by atoms with Crippen molar-refractivity contribution in [2.24, 2.45) is 5.73 Å². The smallest absolute Gasteiger partial charge is 0.277 e. The van der Waals surface area contributed by atoms with Crippen LogP contribution in [0.25, 0.3) is 11.3 Å². The molecule has 0 aliphatic rings. The molecule has 16 heavy (non-hydrogen) atoms. The Bertz CT molecular complexity index is 583. The van der Waals surface area contributed by atoms with Gasteiger partial charge in [-0.3, -0.25) is 4.79 Å². The molecule has 0 unspecified atom stereocenters. The summed E-state index contributed by atoms with van der Waals surface area (Å²) in [6, 6.07) is 9.18. The standard InChI is InChI=1S/C11H7N3OS/c12-5-7-3-1-2-4-8(7)9-6-16-11(14-9)10(13)15/h1-4,6H,(H2,13,15). The van der Waals surface area contributed by atoms with E-state index in [1.54, 1.807) is 23.6 Å². The Labute approximate surface area is 96.0 Å². The topological polar surface area (TPSA) is 79.8 Å². The minimum Gasteiger partial charge on any atom is -0.364 e. The van der Waals surface area contributed by atoms with Crippen molar-refractivity contribution in [3.05, 3.63) is 40.2 Å². The lowest BCUT2D eigenvalue weighted by Gasteiger charge is -1.98. The number of hydrogen-bond acceptors (Lipinski definition) is 4. The second-order valence-corrected chi connectivity index (χ2v) is 3.92. The van der Waals surface area contributed by atoms with E-state index in [1.807, 2.05) is 6.07 Å².